The van der Waals surface area contributed by atoms with Crippen LogP contribution in [-0.4, -0.2) is 28.6 Å². The molecule has 138 valence electrons. The van der Waals surface area contributed by atoms with Gasteiger partial charge in [0.2, 0.25) is 0 Å². The van der Waals surface area contributed by atoms with Gasteiger partial charge >= 0.3 is 6.03 Å². The molecule has 0 aliphatic heterocycles. The van der Waals surface area contributed by atoms with Gasteiger partial charge in [0, 0.05) is 6.04 Å². The molecule has 0 bridgehead atoms. The van der Waals surface area contributed by atoms with E-state index in [4.69, 9.17) is 23.2 Å². The summed E-state index contributed by atoms with van der Waals surface area (Å²) >= 11 is 11.9. The first-order chi connectivity index (χ1) is 12.5. The van der Waals surface area contributed by atoms with Gasteiger partial charge in [-0.15, -0.1) is 0 Å². The number of hydrogen-bond donors (Lipinski definition) is 2. The standard InChI is InChI=1S/C19H19Cl2FN2O2/c20-14-9-8-12(10-15(14)21)18(25)11-24(13-4-3-5-13)19(26)23-17-7-2-1-6-16(17)22/h1-2,6-10,13,18,25H,3-5,11H2,(H,23,26)/t18-/m1/s1. The van der Waals surface area contributed by atoms with E-state index in [1.54, 1.807) is 35.2 Å². The molecular formula is C19H19Cl2FN2O2. The molecule has 2 aromatic rings. The molecule has 0 spiro atoms. The smallest absolute Gasteiger partial charge is 0.322 e. The van der Waals surface area contributed by atoms with Crippen LogP contribution in [0.2, 0.25) is 10.0 Å². The van der Waals surface area contributed by atoms with Gasteiger partial charge in [0.05, 0.1) is 28.4 Å². The third-order valence-electron chi connectivity index (χ3n) is 4.59. The van der Waals surface area contributed by atoms with Crippen LogP contribution in [0.5, 0.6) is 0 Å². The molecule has 3 rings (SSSR count). The predicted octanol–water partition coefficient (Wildman–Crippen LogP) is 5.25. The summed E-state index contributed by atoms with van der Waals surface area (Å²) in [6.45, 7) is 0.0862. The highest BCUT2D eigenvalue weighted by Crippen LogP contribution is 2.30. The zero-order valence-electron chi connectivity index (χ0n) is 14.0. The maximum atomic E-state index is 13.8. The Morgan fingerprint density at radius 3 is 2.58 bits per heavy atom. The molecule has 4 nitrogen and oxygen atoms in total. The molecule has 26 heavy (non-hydrogen) atoms. The second-order valence-electron chi connectivity index (χ2n) is 6.34. The highest BCUT2D eigenvalue weighted by Gasteiger charge is 2.31. The van der Waals surface area contributed by atoms with E-state index >= 15 is 0 Å². The van der Waals surface area contributed by atoms with Crippen LogP contribution in [0.1, 0.15) is 30.9 Å². The van der Waals surface area contributed by atoms with Crippen LogP contribution >= 0.6 is 23.2 Å². The molecule has 1 aliphatic carbocycles. The highest BCUT2D eigenvalue weighted by atomic mass is 35.5. The van der Waals surface area contributed by atoms with E-state index in [2.05, 4.69) is 5.32 Å². The summed E-state index contributed by atoms with van der Waals surface area (Å²) in [6, 6.07) is 10.5. The lowest BCUT2D eigenvalue weighted by Gasteiger charge is -2.38. The van der Waals surface area contributed by atoms with Gasteiger partial charge in [-0.2, -0.15) is 0 Å². The molecule has 1 atom stereocenters. The number of amides is 2. The van der Waals surface area contributed by atoms with Crippen molar-refractivity contribution in [3.8, 4) is 0 Å². The molecule has 0 aromatic heterocycles. The zero-order valence-corrected chi connectivity index (χ0v) is 15.5. The number of para-hydroxylation sites is 1. The third kappa shape index (κ3) is 4.29. The van der Waals surface area contributed by atoms with Gasteiger partial charge in [0.15, 0.2) is 0 Å². The van der Waals surface area contributed by atoms with Crippen LogP contribution in [-0.2, 0) is 0 Å². The Morgan fingerprint density at radius 2 is 1.96 bits per heavy atom. The number of rotatable bonds is 5. The topological polar surface area (TPSA) is 52.6 Å². The van der Waals surface area contributed by atoms with Crippen molar-refractivity contribution in [3.05, 3.63) is 63.9 Å². The van der Waals surface area contributed by atoms with E-state index in [1.165, 1.54) is 12.1 Å². The molecule has 7 heteroatoms. The van der Waals surface area contributed by atoms with Gasteiger partial charge in [-0.25, -0.2) is 9.18 Å². The number of carbonyl (C=O) groups excluding carboxylic acids is 1. The highest BCUT2D eigenvalue weighted by molar-refractivity contribution is 6.42. The zero-order chi connectivity index (χ0) is 18.7. The summed E-state index contributed by atoms with van der Waals surface area (Å²) in [5.41, 5.74) is 0.688. The van der Waals surface area contributed by atoms with E-state index in [9.17, 15) is 14.3 Å². The minimum absolute atomic E-state index is 0.0270. The first-order valence-corrected chi connectivity index (χ1v) is 9.16. The Bertz CT molecular complexity index is 799. The number of benzene rings is 2. The fourth-order valence-electron chi connectivity index (χ4n) is 2.86. The minimum Gasteiger partial charge on any atom is -0.387 e. The second-order valence-corrected chi connectivity index (χ2v) is 7.15. The molecule has 2 aromatic carbocycles. The van der Waals surface area contributed by atoms with Crippen molar-refractivity contribution < 1.29 is 14.3 Å². The van der Waals surface area contributed by atoms with Crippen LogP contribution in [0.25, 0.3) is 0 Å². The number of urea groups is 1. The lowest BCUT2D eigenvalue weighted by atomic mass is 9.91. The Hall–Kier alpha value is -1.82. The molecule has 0 heterocycles. The van der Waals surface area contributed by atoms with Crippen molar-refractivity contribution in [1.29, 1.82) is 0 Å². The lowest BCUT2D eigenvalue weighted by molar-refractivity contribution is 0.0840. The molecule has 2 amide bonds. The van der Waals surface area contributed by atoms with Gasteiger partial charge in [-0.1, -0.05) is 41.4 Å². The maximum Gasteiger partial charge on any atom is 0.322 e. The normalized spacial score (nSPS) is 15.2. The van der Waals surface area contributed by atoms with Crippen LogP contribution in [0, 0.1) is 5.82 Å². The van der Waals surface area contributed by atoms with Gasteiger partial charge in [0.25, 0.3) is 0 Å². The lowest BCUT2D eigenvalue weighted by Crippen LogP contribution is -2.48. The van der Waals surface area contributed by atoms with Gasteiger partial charge in [-0.05, 0) is 49.1 Å². The summed E-state index contributed by atoms with van der Waals surface area (Å²) in [5.74, 6) is -0.501. The quantitative estimate of drug-likeness (QED) is 0.724. The van der Waals surface area contributed by atoms with Gasteiger partial charge in [0.1, 0.15) is 5.82 Å². The maximum absolute atomic E-state index is 13.8. The summed E-state index contributed by atoms with van der Waals surface area (Å²) in [6.07, 6.45) is 1.82. The molecule has 1 aliphatic rings. The number of carbonyl (C=O) groups is 1. The number of anilines is 1. The van der Waals surface area contributed by atoms with Crippen molar-refractivity contribution in [2.45, 2.75) is 31.4 Å². The number of nitrogens with one attached hydrogen (secondary N) is 1. The number of aliphatic hydroxyl groups excluding tert-OH is 1. The van der Waals surface area contributed by atoms with Crippen molar-refractivity contribution >= 4 is 34.9 Å². The average molecular weight is 397 g/mol. The second kappa shape index (κ2) is 8.25. The van der Waals surface area contributed by atoms with Crippen LogP contribution in [0.15, 0.2) is 42.5 Å². The van der Waals surface area contributed by atoms with E-state index in [0.29, 0.717) is 15.6 Å². The average Bonchev–Trinajstić information content (AvgIpc) is 2.57. The summed E-state index contributed by atoms with van der Waals surface area (Å²) in [5, 5.41) is 13.9. The molecule has 1 saturated carbocycles. The SMILES string of the molecule is O=C(Nc1ccccc1F)N(C[C@@H](O)c1ccc(Cl)c(Cl)c1)C1CCC1. The monoisotopic (exact) mass is 396 g/mol. The van der Waals surface area contributed by atoms with Crippen LogP contribution in [0.3, 0.4) is 0 Å². The van der Waals surface area contributed by atoms with E-state index < -0.39 is 18.0 Å². The fraction of sp³-hybridized carbons (Fsp3) is 0.316. The first-order valence-electron chi connectivity index (χ1n) is 8.41. The number of aliphatic hydroxyl groups is 1. The molecule has 0 saturated heterocycles. The number of halogens is 3. The number of hydrogen-bond acceptors (Lipinski definition) is 2. The van der Waals surface area contributed by atoms with Crippen LogP contribution < -0.4 is 5.32 Å². The van der Waals surface area contributed by atoms with E-state index in [-0.39, 0.29) is 18.3 Å². The Morgan fingerprint density at radius 1 is 1.23 bits per heavy atom. The summed E-state index contributed by atoms with van der Waals surface area (Å²) in [7, 11) is 0. The Balaban J connectivity index is 1.74. The fourth-order valence-corrected chi connectivity index (χ4v) is 3.16. The first kappa shape index (κ1) is 19.0. The van der Waals surface area contributed by atoms with Crippen molar-refractivity contribution in [1.82, 2.24) is 4.90 Å². The van der Waals surface area contributed by atoms with Gasteiger partial charge in [-0.3, -0.25) is 0 Å². The third-order valence-corrected chi connectivity index (χ3v) is 5.33. The molecule has 0 radical (unpaired) electrons. The van der Waals surface area contributed by atoms with Crippen molar-refractivity contribution in [3.63, 3.8) is 0 Å². The molecule has 0 unspecified atom stereocenters. The Labute approximate surface area is 161 Å². The predicted molar refractivity (Wildman–Crippen MR) is 101 cm³/mol. The van der Waals surface area contributed by atoms with Crippen molar-refractivity contribution in [2.75, 3.05) is 11.9 Å². The van der Waals surface area contributed by atoms with Crippen LogP contribution in [0.4, 0.5) is 14.9 Å². The van der Waals surface area contributed by atoms with Crippen molar-refractivity contribution in [2.24, 2.45) is 0 Å². The largest absolute Gasteiger partial charge is 0.387 e. The van der Waals surface area contributed by atoms with Gasteiger partial charge < -0.3 is 15.3 Å². The molecular weight excluding hydrogens is 378 g/mol. The summed E-state index contributed by atoms with van der Waals surface area (Å²) in [4.78, 5) is 14.2. The van der Waals surface area contributed by atoms with E-state index in [0.717, 1.165) is 19.3 Å². The van der Waals surface area contributed by atoms with E-state index in [1.807, 2.05) is 0 Å². The Kier molecular flexibility index (Phi) is 6.01. The minimum atomic E-state index is -0.920. The molecule has 2 N–H and O–H groups in total. The molecule has 1 fully saturated rings. The number of nitrogens with zero attached hydrogens (tertiary/aromatic N) is 1. The summed E-state index contributed by atoms with van der Waals surface area (Å²) < 4.78 is 13.8.